The molecule has 0 bridgehead atoms. The zero-order valence-electron chi connectivity index (χ0n) is 9.63. The second-order valence-corrected chi connectivity index (χ2v) is 5.91. The Kier molecular flexibility index (Phi) is 4.11. The van der Waals surface area contributed by atoms with E-state index in [-0.39, 0.29) is 0 Å². The zero-order chi connectivity index (χ0) is 10.6. The third kappa shape index (κ3) is 3.08. The smallest absolute Gasteiger partial charge is 0.193 e. The van der Waals surface area contributed by atoms with Gasteiger partial charge in [0.1, 0.15) is 0 Å². The molecule has 1 fully saturated rings. The minimum atomic E-state index is 0.351. The highest BCUT2D eigenvalue weighted by Crippen LogP contribution is 2.29. The van der Waals surface area contributed by atoms with Crippen molar-refractivity contribution in [1.29, 1.82) is 0 Å². The van der Waals surface area contributed by atoms with E-state index in [9.17, 15) is 0 Å². The van der Waals surface area contributed by atoms with Crippen LogP contribution in [-0.2, 0) is 0 Å². The van der Waals surface area contributed by atoms with Crippen LogP contribution in [0.5, 0.6) is 0 Å². The summed E-state index contributed by atoms with van der Waals surface area (Å²) in [5.41, 5.74) is 0. The fourth-order valence-electron chi connectivity index (χ4n) is 1.69. The maximum absolute atomic E-state index is 4.29. The first kappa shape index (κ1) is 11.7. The Balaban J connectivity index is 2.58. The van der Waals surface area contributed by atoms with Crippen LogP contribution in [0.25, 0.3) is 0 Å². The number of aliphatic imine (C=N–C) groups is 1. The van der Waals surface area contributed by atoms with Crippen LogP contribution < -0.4 is 5.32 Å². The average molecular weight is 215 g/mol. The van der Waals surface area contributed by atoms with Crippen LogP contribution >= 0.6 is 11.8 Å². The molecule has 0 unspecified atom stereocenters. The van der Waals surface area contributed by atoms with E-state index in [1.165, 1.54) is 5.75 Å². The van der Waals surface area contributed by atoms with Crippen LogP contribution in [0.15, 0.2) is 4.99 Å². The van der Waals surface area contributed by atoms with Gasteiger partial charge in [-0.2, -0.15) is 11.8 Å². The van der Waals surface area contributed by atoms with E-state index in [4.69, 9.17) is 0 Å². The molecule has 0 aliphatic carbocycles. The molecule has 0 aromatic carbocycles. The van der Waals surface area contributed by atoms with Crippen LogP contribution in [0.4, 0.5) is 0 Å². The van der Waals surface area contributed by atoms with Gasteiger partial charge < -0.3 is 10.2 Å². The number of nitrogens with zero attached hydrogens (tertiary/aromatic N) is 2. The van der Waals surface area contributed by atoms with Gasteiger partial charge in [0.25, 0.3) is 0 Å². The molecule has 1 saturated heterocycles. The molecule has 82 valence electrons. The third-order valence-electron chi connectivity index (χ3n) is 2.27. The standard InChI is InChI=1S/C10H21N3S/c1-5-12-9(11-4)13-6-7-14-10(2,3)8-13/h5-8H2,1-4H3,(H,11,12). The lowest BCUT2D eigenvalue weighted by molar-refractivity contribution is 0.377. The average Bonchev–Trinajstić information content (AvgIpc) is 2.12. The molecule has 1 aliphatic heterocycles. The lowest BCUT2D eigenvalue weighted by Crippen LogP contribution is -2.50. The fourth-order valence-corrected chi connectivity index (χ4v) is 2.80. The fraction of sp³-hybridized carbons (Fsp3) is 0.900. The predicted molar refractivity (Wildman–Crippen MR) is 65.1 cm³/mol. The highest BCUT2D eigenvalue weighted by Gasteiger charge is 2.28. The van der Waals surface area contributed by atoms with Crippen LogP contribution in [0, 0.1) is 0 Å². The van der Waals surface area contributed by atoms with E-state index in [0.717, 1.165) is 25.6 Å². The topological polar surface area (TPSA) is 27.6 Å². The molecule has 4 heteroatoms. The van der Waals surface area contributed by atoms with Crippen molar-refractivity contribution < 1.29 is 0 Å². The van der Waals surface area contributed by atoms with Crippen molar-refractivity contribution in [3.8, 4) is 0 Å². The number of guanidine groups is 1. The van der Waals surface area contributed by atoms with Crippen molar-refractivity contribution in [3.05, 3.63) is 0 Å². The van der Waals surface area contributed by atoms with E-state index in [1.54, 1.807) is 0 Å². The Morgan fingerprint density at radius 3 is 2.79 bits per heavy atom. The molecular formula is C10H21N3S. The Bertz CT molecular complexity index is 213. The summed E-state index contributed by atoms with van der Waals surface area (Å²) >= 11 is 2.05. The van der Waals surface area contributed by atoms with E-state index in [2.05, 4.69) is 36.0 Å². The van der Waals surface area contributed by atoms with Crippen molar-refractivity contribution in [2.75, 3.05) is 32.4 Å². The SMILES string of the molecule is CCNC(=NC)N1CCSC(C)(C)C1. The van der Waals surface area contributed by atoms with Gasteiger partial charge >= 0.3 is 0 Å². The summed E-state index contributed by atoms with van der Waals surface area (Å²) in [5.74, 6) is 2.23. The maximum Gasteiger partial charge on any atom is 0.193 e. The van der Waals surface area contributed by atoms with Gasteiger partial charge in [-0.05, 0) is 20.8 Å². The molecule has 14 heavy (non-hydrogen) atoms. The van der Waals surface area contributed by atoms with Crippen molar-refractivity contribution in [3.63, 3.8) is 0 Å². The van der Waals surface area contributed by atoms with Crippen LogP contribution in [0.1, 0.15) is 20.8 Å². The maximum atomic E-state index is 4.29. The molecule has 3 nitrogen and oxygen atoms in total. The van der Waals surface area contributed by atoms with Crippen LogP contribution in [0.3, 0.4) is 0 Å². The molecule has 0 saturated carbocycles. The molecule has 0 atom stereocenters. The summed E-state index contributed by atoms with van der Waals surface area (Å²) in [5, 5.41) is 3.31. The van der Waals surface area contributed by atoms with E-state index >= 15 is 0 Å². The van der Waals surface area contributed by atoms with Crippen molar-refractivity contribution in [2.24, 2.45) is 4.99 Å². The molecule has 0 amide bonds. The summed E-state index contributed by atoms with van der Waals surface area (Å²) in [6.07, 6.45) is 0. The summed E-state index contributed by atoms with van der Waals surface area (Å²) < 4.78 is 0.351. The first-order chi connectivity index (χ1) is 6.59. The minimum absolute atomic E-state index is 0.351. The molecule has 0 spiro atoms. The van der Waals surface area contributed by atoms with E-state index < -0.39 is 0 Å². The van der Waals surface area contributed by atoms with Crippen LogP contribution in [-0.4, -0.2) is 48.0 Å². The number of thioether (sulfide) groups is 1. The van der Waals surface area contributed by atoms with Gasteiger partial charge in [-0.3, -0.25) is 4.99 Å². The lowest BCUT2D eigenvalue weighted by Gasteiger charge is -2.39. The Labute approximate surface area is 91.3 Å². The number of rotatable bonds is 1. The first-order valence-electron chi connectivity index (χ1n) is 5.18. The molecule has 0 aromatic heterocycles. The second-order valence-electron chi connectivity index (χ2n) is 4.11. The van der Waals surface area contributed by atoms with Gasteiger partial charge in [-0.1, -0.05) is 0 Å². The Morgan fingerprint density at radius 2 is 2.29 bits per heavy atom. The minimum Gasteiger partial charge on any atom is -0.357 e. The summed E-state index contributed by atoms with van der Waals surface area (Å²) in [6.45, 7) is 9.82. The lowest BCUT2D eigenvalue weighted by atomic mass is 10.2. The molecule has 1 heterocycles. The van der Waals surface area contributed by atoms with Crippen LogP contribution in [0.2, 0.25) is 0 Å². The van der Waals surface area contributed by atoms with Gasteiger partial charge in [0.2, 0.25) is 0 Å². The van der Waals surface area contributed by atoms with Gasteiger partial charge in [0.15, 0.2) is 5.96 Å². The quantitative estimate of drug-likeness (QED) is 0.529. The van der Waals surface area contributed by atoms with Gasteiger partial charge in [-0.15, -0.1) is 0 Å². The van der Waals surface area contributed by atoms with E-state index in [1.807, 2.05) is 18.8 Å². The largest absolute Gasteiger partial charge is 0.357 e. The van der Waals surface area contributed by atoms with Crippen molar-refractivity contribution in [2.45, 2.75) is 25.5 Å². The third-order valence-corrected chi connectivity index (χ3v) is 3.57. The number of hydrogen-bond acceptors (Lipinski definition) is 2. The highest BCUT2D eigenvalue weighted by molar-refractivity contribution is 8.00. The predicted octanol–water partition coefficient (Wildman–Crippen LogP) is 1.41. The summed E-state index contributed by atoms with van der Waals surface area (Å²) in [7, 11) is 1.85. The normalized spacial score (nSPS) is 22.3. The molecule has 0 aromatic rings. The van der Waals surface area contributed by atoms with Crippen molar-refractivity contribution >= 4 is 17.7 Å². The monoisotopic (exact) mass is 215 g/mol. The molecule has 1 N–H and O–H groups in total. The summed E-state index contributed by atoms with van der Waals surface area (Å²) in [4.78, 5) is 6.64. The van der Waals surface area contributed by atoms with Crippen molar-refractivity contribution in [1.82, 2.24) is 10.2 Å². The zero-order valence-corrected chi connectivity index (χ0v) is 10.4. The van der Waals surface area contributed by atoms with E-state index in [0.29, 0.717) is 4.75 Å². The Hall–Kier alpha value is -0.380. The Morgan fingerprint density at radius 1 is 1.57 bits per heavy atom. The van der Waals surface area contributed by atoms with Gasteiger partial charge in [-0.25, -0.2) is 0 Å². The van der Waals surface area contributed by atoms with Gasteiger partial charge in [0, 0.05) is 37.2 Å². The summed E-state index contributed by atoms with van der Waals surface area (Å²) in [6, 6.07) is 0. The molecular weight excluding hydrogens is 194 g/mol. The molecule has 1 aliphatic rings. The molecule has 0 radical (unpaired) electrons. The highest BCUT2D eigenvalue weighted by atomic mass is 32.2. The molecule has 1 rings (SSSR count). The number of nitrogens with one attached hydrogen (secondary N) is 1. The number of hydrogen-bond donors (Lipinski definition) is 1. The second kappa shape index (κ2) is 4.91. The van der Waals surface area contributed by atoms with Gasteiger partial charge in [0.05, 0.1) is 0 Å². The first-order valence-corrected chi connectivity index (χ1v) is 6.17.